The fourth-order valence-electron chi connectivity index (χ4n) is 5.74. The highest BCUT2D eigenvalue weighted by Crippen LogP contribution is 2.49. The molecule has 0 bridgehead atoms. The molecule has 2 aliphatic heterocycles. The lowest BCUT2D eigenvalue weighted by Gasteiger charge is -2.40. The van der Waals surface area contributed by atoms with Crippen LogP contribution >= 0.6 is 0 Å². The highest BCUT2D eigenvalue weighted by Gasteiger charge is 2.37. The summed E-state index contributed by atoms with van der Waals surface area (Å²) in [7, 11) is -1.23. The quantitative estimate of drug-likeness (QED) is 0.284. The molecular formula is C35H50N2O3S. The van der Waals surface area contributed by atoms with Gasteiger partial charge in [0.1, 0.15) is 16.8 Å². The first kappa shape index (κ1) is 34.3. The number of nitrogens with one attached hydrogen (secondary N) is 1. The van der Waals surface area contributed by atoms with E-state index in [0.717, 1.165) is 58.3 Å². The summed E-state index contributed by atoms with van der Waals surface area (Å²) in [6.45, 7) is 23.9. The second-order valence-corrected chi connectivity index (χ2v) is 13.7. The van der Waals surface area contributed by atoms with Crippen LogP contribution in [-0.4, -0.2) is 33.0 Å². The van der Waals surface area contributed by atoms with Gasteiger partial charge in [-0.2, -0.15) is 0 Å². The van der Waals surface area contributed by atoms with Crippen molar-refractivity contribution in [2.75, 3.05) is 10.6 Å². The van der Waals surface area contributed by atoms with Crippen LogP contribution in [0.15, 0.2) is 37.1 Å². The van der Waals surface area contributed by atoms with Crippen LogP contribution < -0.4 is 9.62 Å². The number of anilines is 1. The molecule has 224 valence electrons. The van der Waals surface area contributed by atoms with Crippen molar-refractivity contribution in [3.63, 3.8) is 0 Å². The van der Waals surface area contributed by atoms with E-state index in [1.807, 2.05) is 16.6 Å². The van der Waals surface area contributed by atoms with Gasteiger partial charge in [0, 0.05) is 36.1 Å². The zero-order chi connectivity index (χ0) is 31.3. The summed E-state index contributed by atoms with van der Waals surface area (Å²) in [6, 6.07) is 2.96. The van der Waals surface area contributed by atoms with E-state index in [4.69, 9.17) is 5.11 Å². The minimum atomic E-state index is -1.23. The third kappa shape index (κ3) is 7.90. The van der Waals surface area contributed by atoms with Crippen LogP contribution in [0.4, 0.5) is 5.69 Å². The Bertz CT molecular complexity index is 1340. The third-order valence-corrected chi connectivity index (χ3v) is 9.03. The van der Waals surface area contributed by atoms with Crippen LogP contribution in [-0.2, 0) is 22.2 Å². The normalized spacial score (nSPS) is 21.7. The Morgan fingerprint density at radius 1 is 1.24 bits per heavy atom. The smallest absolute Gasteiger partial charge is 0.134 e. The molecule has 3 atom stereocenters. The van der Waals surface area contributed by atoms with Crippen molar-refractivity contribution < 1.29 is 14.1 Å². The lowest BCUT2D eigenvalue weighted by Crippen LogP contribution is -2.40. The average molecular weight is 579 g/mol. The SMILES string of the molecule is C=C.CC(C)(C)O.CCC1(C)CC=C(c2c(C)c3c(c(C)c2CC(C)=O)N(S(C)=O)C(C)C2=C3C#CNC=C2)CC1. The van der Waals surface area contributed by atoms with Crippen molar-refractivity contribution in [2.24, 2.45) is 5.41 Å². The minimum Gasteiger partial charge on any atom is -0.391 e. The van der Waals surface area contributed by atoms with Crippen molar-refractivity contribution in [3.05, 3.63) is 64.9 Å². The second-order valence-electron chi connectivity index (χ2n) is 12.5. The fourth-order valence-corrected chi connectivity index (χ4v) is 6.79. The number of rotatable bonds is 5. The Morgan fingerprint density at radius 2 is 1.85 bits per heavy atom. The van der Waals surface area contributed by atoms with Gasteiger partial charge in [-0.15, -0.1) is 13.2 Å². The Kier molecular flexibility index (Phi) is 11.6. The highest BCUT2D eigenvalue weighted by atomic mass is 32.2. The molecule has 3 unspecified atom stereocenters. The maximum atomic E-state index is 13.1. The number of benzene rings is 1. The Balaban J connectivity index is 0.000000759. The number of hydrogen-bond donors (Lipinski definition) is 2. The van der Waals surface area contributed by atoms with E-state index >= 15 is 0 Å². The molecule has 2 N–H and O–H groups in total. The average Bonchev–Trinajstić information content (AvgIpc) is 3.14. The molecule has 4 rings (SSSR count). The molecule has 0 radical (unpaired) electrons. The molecule has 0 fully saturated rings. The monoisotopic (exact) mass is 578 g/mol. The molecule has 5 nitrogen and oxygen atoms in total. The Morgan fingerprint density at radius 3 is 2.34 bits per heavy atom. The zero-order valence-corrected chi connectivity index (χ0v) is 27.7. The predicted octanol–water partition coefficient (Wildman–Crippen LogP) is 7.33. The van der Waals surface area contributed by atoms with Crippen molar-refractivity contribution in [1.29, 1.82) is 0 Å². The zero-order valence-electron chi connectivity index (χ0n) is 26.9. The lowest BCUT2D eigenvalue weighted by molar-refractivity contribution is -0.116. The number of allylic oxidation sites excluding steroid dienone is 3. The van der Waals surface area contributed by atoms with Gasteiger partial charge < -0.3 is 10.4 Å². The molecular weight excluding hydrogens is 528 g/mol. The number of aliphatic hydroxyl groups is 1. The summed E-state index contributed by atoms with van der Waals surface area (Å²) in [5, 5.41) is 11.6. The first-order valence-corrected chi connectivity index (χ1v) is 16.0. The number of ketones is 1. The Hall–Kier alpha value is -2.88. The van der Waals surface area contributed by atoms with Gasteiger partial charge in [-0.1, -0.05) is 26.3 Å². The number of fused-ring (bicyclic) bond motifs is 2. The van der Waals surface area contributed by atoms with E-state index in [2.05, 4.69) is 71.1 Å². The van der Waals surface area contributed by atoms with Crippen LogP contribution in [0.2, 0.25) is 0 Å². The maximum Gasteiger partial charge on any atom is 0.134 e. The van der Waals surface area contributed by atoms with E-state index in [9.17, 15) is 9.00 Å². The standard InChI is InChI=1S/C29H36N2O2S.C4H10O.C2H4/c1-8-29(6)13-9-22(10-14-29)26-20(4)27-24-12-16-30-15-11-23(24)21(5)31(34(7)33)28(27)19(3)25(26)17-18(2)32;1-4(2,3)5;1-2/h9,11,15,21,30H,8,10,13-14,17H2,1-7H3;5H,1-3H3;1-2H2. The molecule has 2 heterocycles. The van der Waals surface area contributed by atoms with Gasteiger partial charge in [-0.25, -0.2) is 4.21 Å². The van der Waals surface area contributed by atoms with Crippen molar-refractivity contribution in [2.45, 2.75) is 106 Å². The van der Waals surface area contributed by atoms with Gasteiger partial charge in [0.25, 0.3) is 0 Å². The van der Waals surface area contributed by atoms with E-state index in [0.29, 0.717) is 11.8 Å². The molecule has 0 amide bonds. The topological polar surface area (TPSA) is 69.6 Å². The maximum absolute atomic E-state index is 13.1. The van der Waals surface area contributed by atoms with E-state index in [-0.39, 0.29) is 11.8 Å². The molecule has 0 saturated heterocycles. The van der Waals surface area contributed by atoms with Crippen LogP contribution in [0, 0.1) is 31.2 Å². The molecule has 1 aliphatic carbocycles. The summed E-state index contributed by atoms with van der Waals surface area (Å²) in [6.07, 6.45) is 12.8. The van der Waals surface area contributed by atoms with Crippen LogP contribution in [0.3, 0.4) is 0 Å². The van der Waals surface area contributed by atoms with Crippen LogP contribution in [0.5, 0.6) is 0 Å². The van der Waals surface area contributed by atoms with Crippen LogP contribution in [0.1, 0.15) is 102 Å². The number of Topliss-reactive ketones (excluding diaryl/α,β-unsaturated/α-hetero) is 1. The summed E-state index contributed by atoms with van der Waals surface area (Å²) < 4.78 is 15.1. The molecule has 1 aromatic rings. The summed E-state index contributed by atoms with van der Waals surface area (Å²) in [4.78, 5) is 12.4. The molecule has 6 heteroatoms. The van der Waals surface area contributed by atoms with Crippen molar-refractivity contribution in [3.8, 4) is 12.0 Å². The molecule has 0 spiro atoms. The third-order valence-electron chi connectivity index (χ3n) is 7.98. The molecule has 41 heavy (non-hydrogen) atoms. The minimum absolute atomic E-state index is 0.0907. The van der Waals surface area contributed by atoms with Crippen molar-refractivity contribution >= 4 is 33.6 Å². The van der Waals surface area contributed by atoms with Crippen LogP contribution in [0.25, 0.3) is 11.1 Å². The molecule has 0 aromatic heterocycles. The van der Waals surface area contributed by atoms with Gasteiger partial charge in [0.2, 0.25) is 0 Å². The predicted molar refractivity (Wildman–Crippen MR) is 177 cm³/mol. The van der Waals surface area contributed by atoms with E-state index < -0.39 is 16.6 Å². The Labute approximate surface area is 251 Å². The van der Waals surface area contributed by atoms with Crippen molar-refractivity contribution in [1.82, 2.24) is 5.32 Å². The largest absolute Gasteiger partial charge is 0.391 e. The van der Waals surface area contributed by atoms with Gasteiger partial charge in [0.15, 0.2) is 0 Å². The number of carbonyl (C=O) groups is 1. The summed E-state index contributed by atoms with van der Waals surface area (Å²) >= 11 is 0. The first-order valence-electron chi connectivity index (χ1n) is 14.5. The highest BCUT2D eigenvalue weighted by molar-refractivity contribution is 7.85. The number of hydrogen-bond acceptors (Lipinski definition) is 4. The van der Waals surface area contributed by atoms with Gasteiger partial charge in [0.05, 0.1) is 17.3 Å². The number of carbonyl (C=O) groups excluding carboxylic acids is 1. The second kappa shape index (κ2) is 13.9. The summed E-state index contributed by atoms with van der Waals surface area (Å²) in [5.41, 5.74) is 9.75. The van der Waals surface area contributed by atoms with E-state index in [1.54, 1.807) is 34.0 Å². The molecule has 0 saturated carbocycles. The van der Waals surface area contributed by atoms with Gasteiger partial charge >= 0.3 is 0 Å². The number of nitrogens with zero attached hydrogens (tertiary/aromatic N) is 1. The lowest BCUT2D eigenvalue weighted by atomic mass is 9.71. The first-order chi connectivity index (χ1) is 19.1. The van der Waals surface area contributed by atoms with E-state index in [1.165, 1.54) is 17.6 Å². The summed E-state index contributed by atoms with van der Waals surface area (Å²) in [5.74, 6) is 3.50. The molecule has 1 aromatic carbocycles. The fraction of sp³-hybridized carbons (Fsp3) is 0.514. The van der Waals surface area contributed by atoms with Gasteiger partial charge in [-0.05, 0) is 119 Å². The molecule has 3 aliphatic rings. The van der Waals surface area contributed by atoms with Gasteiger partial charge in [-0.3, -0.25) is 9.10 Å².